The summed E-state index contributed by atoms with van der Waals surface area (Å²) in [6.45, 7) is 1.55. The number of carbonyl (C=O) groups excluding carboxylic acids is 1. The quantitative estimate of drug-likeness (QED) is 0.464. The summed E-state index contributed by atoms with van der Waals surface area (Å²) in [5.74, 6) is 1.77. The van der Waals surface area contributed by atoms with Gasteiger partial charge in [0.1, 0.15) is 11.1 Å². The summed E-state index contributed by atoms with van der Waals surface area (Å²) in [6, 6.07) is 24.4. The fourth-order valence-electron chi connectivity index (χ4n) is 3.18. The molecule has 1 amide bonds. The third kappa shape index (κ3) is 5.59. The summed E-state index contributed by atoms with van der Waals surface area (Å²) >= 11 is 0. The molecule has 4 nitrogen and oxygen atoms in total. The average molecular weight is 436 g/mol. The monoisotopic (exact) mass is 435 g/mol. The second-order valence-electron chi connectivity index (χ2n) is 6.90. The molecule has 1 unspecified atom stereocenters. The van der Waals surface area contributed by atoms with Crippen LogP contribution in [0, 0.1) is 17.8 Å². The van der Waals surface area contributed by atoms with Crippen LogP contribution in [-0.4, -0.2) is 20.1 Å². The number of halogens is 1. The Balaban J connectivity index is 1.77. The van der Waals surface area contributed by atoms with Crippen LogP contribution in [0.3, 0.4) is 0 Å². The lowest BCUT2D eigenvalue weighted by Gasteiger charge is -2.19. The SMILES string of the molecule is CCS(=O)(=O)C(c1ccccc1)c1ccc(CC#CNC(=O)c2ccccc2)cc1F. The Hall–Kier alpha value is -3.43. The Morgan fingerprint density at radius 2 is 1.65 bits per heavy atom. The van der Waals surface area contributed by atoms with Gasteiger partial charge >= 0.3 is 0 Å². The Morgan fingerprint density at radius 1 is 1.00 bits per heavy atom. The zero-order valence-electron chi connectivity index (χ0n) is 17.0. The van der Waals surface area contributed by atoms with Gasteiger partial charge in [0.25, 0.3) is 5.91 Å². The largest absolute Gasteiger partial charge is 0.281 e. The van der Waals surface area contributed by atoms with Crippen LogP contribution in [-0.2, 0) is 16.3 Å². The van der Waals surface area contributed by atoms with E-state index in [9.17, 15) is 17.6 Å². The number of rotatable bonds is 6. The maximum Gasteiger partial charge on any atom is 0.262 e. The smallest absolute Gasteiger partial charge is 0.262 e. The number of benzene rings is 3. The summed E-state index contributed by atoms with van der Waals surface area (Å²) in [5, 5.41) is 1.42. The molecule has 1 atom stereocenters. The predicted octanol–water partition coefficient (Wildman–Crippen LogP) is 4.28. The van der Waals surface area contributed by atoms with Crippen molar-refractivity contribution in [3.63, 3.8) is 0 Å². The first-order chi connectivity index (χ1) is 14.9. The van der Waals surface area contributed by atoms with E-state index in [-0.39, 0.29) is 23.6 Å². The van der Waals surface area contributed by atoms with Crippen molar-refractivity contribution < 1.29 is 17.6 Å². The molecular formula is C25H22FNO3S. The second-order valence-corrected chi connectivity index (χ2v) is 9.27. The molecule has 158 valence electrons. The van der Waals surface area contributed by atoms with Gasteiger partial charge < -0.3 is 0 Å². The van der Waals surface area contributed by atoms with Gasteiger partial charge in [0.2, 0.25) is 0 Å². The van der Waals surface area contributed by atoms with Crippen molar-refractivity contribution in [3.8, 4) is 12.0 Å². The molecule has 0 saturated carbocycles. The summed E-state index contributed by atoms with van der Waals surface area (Å²) in [4.78, 5) is 12.0. The van der Waals surface area contributed by atoms with Crippen molar-refractivity contribution in [2.75, 3.05) is 5.75 Å². The molecule has 1 N–H and O–H groups in total. The van der Waals surface area contributed by atoms with Crippen molar-refractivity contribution in [2.24, 2.45) is 0 Å². The molecule has 0 aromatic heterocycles. The highest BCUT2D eigenvalue weighted by Crippen LogP contribution is 2.33. The minimum atomic E-state index is -3.57. The van der Waals surface area contributed by atoms with E-state index in [0.29, 0.717) is 16.7 Å². The molecule has 3 aromatic carbocycles. The first-order valence-corrected chi connectivity index (χ1v) is 11.5. The van der Waals surface area contributed by atoms with Gasteiger partial charge in [-0.1, -0.05) is 73.5 Å². The predicted molar refractivity (Wildman–Crippen MR) is 120 cm³/mol. The van der Waals surface area contributed by atoms with Gasteiger partial charge in [0, 0.05) is 29.3 Å². The molecular weight excluding hydrogens is 413 g/mol. The van der Waals surface area contributed by atoms with Gasteiger partial charge in [0.15, 0.2) is 9.84 Å². The van der Waals surface area contributed by atoms with Gasteiger partial charge in [-0.25, -0.2) is 12.8 Å². The first-order valence-electron chi connectivity index (χ1n) is 9.80. The molecule has 3 rings (SSSR count). The van der Waals surface area contributed by atoms with Crippen molar-refractivity contribution in [1.29, 1.82) is 0 Å². The van der Waals surface area contributed by atoms with E-state index in [1.54, 1.807) is 67.6 Å². The van der Waals surface area contributed by atoms with Crippen LogP contribution in [0.1, 0.15) is 39.2 Å². The van der Waals surface area contributed by atoms with Gasteiger partial charge in [-0.2, -0.15) is 0 Å². The Kier molecular flexibility index (Phi) is 7.22. The maximum absolute atomic E-state index is 14.9. The molecule has 0 fully saturated rings. The van der Waals surface area contributed by atoms with E-state index in [4.69, 9.17) is 0 Å². The van der Waals surface area contributed by atoms with Crippen LogP contribution in [0.5, 0.6) is 0 Å². The van der Waals surface area contributed by atoms with Crippen LogP contribution >= 0.6 is 0 Å². The van der Waals surface area contributed by atoms with Crippen molar-refractivity contribution in [2.45, 2.75) is 18.6 Å². The molecule has 0 aliphatic carbocycles. The zero-order valence-corrected chi connectivity index (χ0v) is 17.8. The van der Waals surface area contributed by atoms with E-state index in [0.717, 1.165) is 0 Å². The number of sulfone groups is 1. The van der Waals surface area contributed by atoms with Gasteiger partial charge in [-0.15, -0.1) is 0 Å². The summed E-state index contributed by atoms with van der Waals surface area (Å²) in [5.41, 5.74) is 1.72. The fourth-order valence-corrected chi connectivity index (χ4v) is 4.66. The lowest BCUT2D eigenvalue weighted by atomic mass is 10.0. The standard InChI is InChI=1S/C25H22FNO3S/c1-2-31(29,30)24(20-11-5-3-6-12-20)22-16-15-19(18-23(22)26)10-9-17-27-25(28)21-13-7-4-8-14-21/h3-8,11-16,18,24H,2,10H2,1H3,(H,27,28). The molecule has 0 spiro atoms. The van der Waals surface area contributed by atoms with Crippen LogP contribution in [0.4, 0.5) is 4.39 Å². The third-order valence-corrected chi connectivity index (χ3v) is 6.85. The topological polar surface area (TPSA) is 63.2 Å². The molecule has 0 aliphatic rings. The summed E-state index contributed by atoms with van der Waals surface area (Å²) in [6.07, 6.45) is 0.211. The summed E-state index contributed by atoms with van der Waals surface area (Å²) < 4.78 is 40.3. The number of nitrogens with one attached hydrogen (secondary N) is 1. The molecule has 0 bridgehead atoms. The number of amides is 1. The fraction of sp³-hybridized carbons (Fsp3) is 0.160. The van der Waals surface area contributed by atoms with E-state index in [1.165, 1.54) is 12.1 Å². The van der Waals surface area contributed by atoms with E-state index >= 15 is 0 Å². The summed E-state index contributed by atoms with van der Waals surface area (Å²) in [7, 11) is -3.57. The molecule has 6 heteroatoms. The minimum Gasteiger partial charge on any atom is -0.281 e. The molecule has 0 heterocycles. The average Bonchev–Trinajstić information content (AvgIpc) is 2.79. The number of hydrogen-bond acceptors (Lipinski definition) is 3. The van der Waals surface area contributed by atoms with Crippen LogP contribution < -0.4 is 5.32 Å². The van der Waals surface area contributed by atoms with Crippen LogP contribution in [0.15, 0.2) is 78.9 Å². The highest BCUT2D eigenvalue weighted by Gasteiger charge is 2.29. The molecule has 0 saturated heterocycles. The minimum absolute atomic E-state index is 0.0969. The highest BCUT2D eigenvalue weighted by molar-refractivity contribution is 7.91. The Bertz CT molecular complexity index is 1210. The van der Waals surface area contributed by atoms with E-state index in [1.807, 2.05) is 6.07 Å². The van der Waals surface area contributed by atoms with Crippen LogP contribution in [0.2, 0.25) is 0 Å². The molecule has 0 radical (unpaired) electrons. The van der Waals surface area contributed by atoms with Crippen molar-refractivity contribution in [3.05, 3.63) is 107 Å². The Labute approximate surface area is 182 Å². The Morgan fingerprint density at radius 3 is 2.26 bits per heavy atom. The zero-order chi connectivity index (χ0) is 22.3. The number of carbonyl (C=O) groups is 1. The van der Waals surface area contributed by atoms with Crippen molar-refractivity contribution in [1.82, 2.24) is 5.32 Å². The van der Waals surface area contributed by atoms with Crippen molar-refractivity contribution >= 4 is 15.7 Å². The molecule has 0 aliphatic heterocycles. The highest BCUT2D eigenvalue weighted by atomic mass is 32.2. The van der Waals surface area contributed by atoms with E-state index < -0.39 is 20.9 Å². The van der Waals surface area contributed by atoms with Gasteiger partial charge in [-0.05, 0) is 29.3 Å². The second kappa shape index (κ2) is 10.1. The van der Waals surface area contributed by atoms with E-state index in [2.05, 4.69) is 17.3 Å². The third-order valence-electron chi connectivity index (χ3n) is 4.80. The molecule has 31 heavy (non-hydrogen) atoms. The lowest BCUT2D eigenvalue weighted by Crippen LogP contribution is -2.18. The van der Waals surface area contributed by atoms with Crippen LogP contribution in [0.25, 0.3) is 0 Å². The first kappa shape index (κ1) is 22.3. The normalized spacial score (nSPS) is 11.8. The van der Waals surface area contributed by atoms with Gasteiger partial charge in [0.05, 0.1) is 0 Å². The number of hydrogen-bond donors (Lipinski definition) is 1. The lowest BCUT2D eigenvalue weighted by molar-refractivity contribution is 0.0973. The van der Waals surface area contributed by atoms with Gasteiger partial charge in [-0.3, -0.25) is 10.1 Å². The maximum atomic E-state index is 14.9. The molecule has 3 aromatic rings.